The number of benzene rings is 2. The van der Waals surface area contributed by atoms with Crippen LogP contribution < -0.4 is 15.6 Å². The number of aromatic nitrogens is 2. The Morgan fingerprint density at radius 2 is 1.79 bits per heavy atom. The summed E-state index contributed by atoms with van der Waals surface area (Å²) in [5.41, 5.74) is 4.48. The molecule has 4 rings (SSSR count). The van der Waals surface area contributed by atoms with Gasteiger partial charge in [0.25, 0.3) is 5.56 Å². The normalized spacial score (nSPS) is 12.0. The van der Waals surface area contributed by atoms with E-state index in [4.69, 9.17) is 4.74 Å². The molecule has 0 aliphatic carbocycles. The first-order chi connectivity index (χ1) is 16.0. The Labute approximate surface area is 196 Å². The quantitative estimate of drug-likeness (QED) is 0.397. The molecule has 4 aromatic rings. The molecule has 0 fully saturated rings. The van der Waals surface area contributed by atoms with Crippen molar-refractivity contribution in [3.8, 4) is 16.9 Å². The van der Waals surface area contributed by atoms with Crippen LogP contribution in [0.25, 0.3) is 21.3 Å². The molecule has 2 aromatic heterocycles. The van der Waals surface area contributed by atoms with Crippen molar-refractivity contribution in [2.75, 3.05) is 12.4 Å². The van der Waals surface area contributed by atoms with E-state index in [9.17, 15) is 9.59 Å². The third-order valence-electron chi connectivity index (χ3n) is 5.96. The van der Waals surface area contributed by atoms with Crippen molar-refractivity contribution in [1.29, 1.82) is 0 Å². The van der Waals surface area contributed by atoms with Gasteiger partial charge in [-0.3, -0.25) is 14.2 Å². The third-order valence-corrected chi connectivity index (χ3v) is 6.85. The number of anilines is 1. The highest BCUT2D eigenvalue weighted by atomic mass is 32.1. The summed E-state index contributed by atoms with van der Waals surface area (Å²) in [5.74, 6) is 0.507. The van der Waals surface area contributed by atoms with Gasteiger partial charge in [0.2, 0.25) is 5.91 Å². The van der Waals surface area contributed by atoms with Crippen molar-refractivity contribution in [3.63, 3.8) is 0 Å². The average molecular weight is 462 g/mol. The maximum Gasteiger partial charge on any atom is 0.263 e. The van der Waals surface area contributed by atoms with Gasteiger partial charge in [-0.15, -0.1) is 11.3 Å². The molecule has 0 saturated carbocycles. The molecule has 33 heavy (non-hydrogen) atoms. The maximum absolute atomic E-state index is 13.5. The van der Waals surface area contributed by atoms with Crippen LogP contribution in [0.3, 0.4) is 0 Å². The summed E-state index contributed by atoms with van der Waals surface area (Å²) < 4.78 is 6.65. The number of fused-ring (bicyclic) bond motifs is 1. The van der Waals surface area contributed by atoms with Gasteiger partial charge in [-0.1, -0.05) is 44.2 Å². The Kier molecular flexibility index (Phi) is 6.60. The molecule has 0 radical (unpaired) electrons. The topological polar surface area (TPSA) is 73.2 Å². The minimum Gasteiger partial charge on any atom is -0.497 e. The fourth-order valence-corrected chi connectivity index (χ4v) is 4.87. The highest BCUT2D eigenvalue weighted by Gasteiger charge is 2.21. The summed E-state index contributed by atoms with van der Waals surface area (Å²) in [7, 11) is 1.62. The van der Waals surface area contributed by atoms with Crippen LogP contribution in [0.15, 0.2) is 59.0 Å². The molecule has 0 spiro atoms. The number of rotatable bonds is 7. The molecule has 2 heterocycles. The first-order valence-electron chi connectivity index (χ1n) is 11.0. The number of aryl methyl sites for hydroxylation is 2. The van der Waals surface area contributed by atoms with Gasteiger partial charge in [0.05, 0.1) is 18.8 Å². The molecule has 0 aliphatic rings. The van der Waals surface area contributed by atoms with Crippen molar-refractivity contribution >= 4 is 33.1 Å². The third kappa shape index (κ3) is 4.28. The van der Waals surface area contributed by atoms with Crippen LogP contribution in [-0.4, -0.2) is 22.6 Å². The summed E-state index contributed by atoms with van der Waals surface area (Å²) in [5, 5.41) is 5.52. The van der Waals surface area contributed by atoms with Crippen LogP contribution in [0, 0.1) is 0 Å². The van der Waals surface area contributed by atoms with Gasteiger partial charge in [-0.05, 0) is 48.6 Å². The van der Waals surface area contributed by atoms with Crippen LogP contribution in [0.4, 0.5) is 5.69 Å². The van der Waals surface area contributed by atoms with E-state index < -0.39 is 6.04 Å². The van der Waals surface area contributed by atoms with Gasteiger partial charge in [-0.2, -0.15) is 0 Å². The van der Waals surface area contributed by atoms with Crippen LogP contribution in [0.2, 0.25) is 0 Å². The van der Waals surface area contributed by atoms with E-state index in [1.807, 2.05) is 47.8 Å². The fraction of sp³-hybridized carbons (Fsp3) is 0.269. The minimum absolute atomic E-state index is 0.228. The second-order valence-electron chi connectivity index (χ2n) is 7.84. The molecular weight excluding hydrogens is 434 g/mol. The van der Waals surface area contributed by atoms with E-state index in [1.165, 1.54) is 22.2 Å². The number of carbonyl (C=O) groups excluding carboxylic acids is 1. The zero-order chi connectivity index (χ0) is 23.5. The standard InChI is InChI=1S/C26H27N3O3S/c1-5-17-8-7-9-18(6-2)23(17)28-24(30)16(3)29-15-27-25-22(26(29)31)21(14-33-25)19-10-12-20(32-4)13-11-19/h7-16H,5-6H2,1-4H3,(H,28,30). The fourth-order valence-electron chi connectivity index (χ4n) is 3.96. The van der Waals surface area contributed by atoms with Crippen LogP contribution in [0.5, 0.6) is 5.75 Å². The number of para-hydroxylation sites is 1. The van der Waals surface area contributed by atoms with Crippen LogP contribution in [0.1, 0.15) is 37.9 Å². The predicted octanol–water partition coefficient (Wildman–Crippen LogP) is 5.46. The molecule has 7 heteroatoms. The second-order valence-corrected chi connectivity index (χ2v) is 8.70. The summed E-state index contributed by atoms with van der Waals surface area (Å²) in [6, 6.07) is 12.9. The SMILES string of the molecule is CCc1cccc(CC)c1NC(=O)C(C)n1cnc2scc(-c3ccc(OC)cc3)c2c1=O. The van der Waals surface area contributed by atoms with E-state index in [1.54, 1.807) is 14.0 Å². The highest BCUT2D eigenvalue weighted by molar-refractivity contribution is 7.17. The average Bonchev–Trinajstić information content (AvgIpc) is 3.29. The zero-order valence-electron chi connectivity index (χ0n) is 19.2. The molecule has 0 bridgehead atoms. The molecule has 1 amide bonds. The molecule has 6 nitrogen and oxygen atoms in total. The number of nitrogens with zero attached hydrogens (tertiary/aromatic N) is 2. The molecule has 1 unspecified atom stereocenters. The summed E-state index contributed by atoms with van der Waals surface area (Å²) in [4.78, 5) is 31.8. The molecule has 0 aliphatic heterocycles. The van der Waals surface area contributed by atoms with Gasteiger partial charge in [-0.25, -0.2) is 4.98 Å². The molecule has 2 aromatic carbocycles. The molecule has 0 saturated heterocycles. The predicted molar refractivity (Wildman–Crippen MR) is 134 cm³/mol. The Hall–Kier alpha value is -3.45. The minimum atomic E-state index is -0.715. The van der Waals surface area contributed by atoms with E-state index >= 15 is 0 Å². The monoisotopic (exact) mass is 461 g/mol. The Balaban J connectivity index is 1.71. The van der Waals surface area contributed by atoms with Gasteiger partial charge in [0, 0.05) is 16.6 Å². The lowest BCUT2D eigenvalue weighted by Crippen LogP contribution is -2.32. The van der Waals surface area contributed by atoms with Gasteiger partial charge >= 0.3 is 0 Å². The van der Waals surface area contributed by atoms with E-state index in [0.717, 1.165) is 46.5 Å². The number of thiophene rings is 1. The van der Waals surface area contributed by atoms with Gasteiger partial charge < -0.3 is 10.1 Å². The molecule has 1 atom stereocenters. The first-order valence-corrected chi connectivity index (χ1v) is 11.9. The summed E-state index contributed by atoms with van der Waals surface area (Å²) in [6.07, 6.45) is 3.09. The number of amides is 1. The second kappa shape index (κ2) is 9.58. The van der Waals surface area contributed by atoms with Crippen molar-refractivity contribution in [2.24, 2.45) is 0 Å². The van der Waals surface area contributed by atoms with E-state index in [0.29, 0.717) is 10.2 Å². The lowest BCUT2D eigenvalue weighted by atomic mass is 10.0. The maximum atomic E-state index is 13.5. The number of methoxy groups -OCH3 is 1. The lowest BCUT2D eigenvalue weighted by Gasteiger charge is -2.19. The smallest absolute Gasteiger partial charge is 0.263 e. The Bertz CT molecular complexity index is 1330. The molecular formula is C26H27N3O3S. The van der Waals surface area contributed by atoms with E-state index in [-0.39, 0.29) is 11.5 Å². The van der Waals surface area contributed by atoms with Crippen molar-refractivity contribution in [3.05, 3.63) is 75.7 Å². The van der Waals surface area contributed by atoms with Crippen molar-refractivity contribution < 1.29 is 9.53 Å². The highest BCUT2D eigenvalue weighted by Crippen LogP contribution is 2.32. The largest absolute Gasteiger partial charge is 0.497 e. The van der Waals surface area contributed by atoms with Gasteiger partial charge in [0.1, 0.15) is 16.6 Å². The zero-order valence-corrected chi connectivity index (χ0v) is 20.0. The summed E-state index contributed by atoms with van der Waals surface area (Å²) in [6.45, 7) is 5.85. The number of hydrogen-bond acceptors (Lipinski definition) is 5. The number of nitrogens with one attached hydrogen (secondary N) is 1. The Morgan fingerprint density at radius 3 is 2.39 bits per heavy atom. The Morgan fingerprint density at radius 1 is 1.12 bits per heavy atom. The molecule has 1 N–H and O–H groups in total. The first kappa shape index (κ1) is 22.7. The van der Waals surface area contributed by atoms with Crippen LogP contribution in [-0.2, 0) is 17.6 Å². The van der Waals surface area contributed by atoms with Gasteiger partial charge in [0.15, 0.2) is 0 Å². The number of carbonyl (C=O) groups is 1. The lowest BCUT2D eigenvalue weighted by molar-refractivity contribution is -0.118. The molecule has 170 valence electrons. The van der Waals surface area contributed by atoms with Crippen molar-refractivity contribution in [2.45, 2.75) is 39.7 Å². The van der Waals surface area contributed by atoms with Crippen LogP contribution >= 0.6 is 11.3 Å². The number of ether oxygens (including phenoxy) is 1. The van der Waals surface area contributed by atoms with E-state index in [2.05, 4.69) is 24.1 Å². The summed E-state index contributed by atoms with van der Waals surface area (Å²) >= 11 is 1.42. The van der Waals surface area contributed by atoms with Crippen molar-refractivity contribution in [1.82, 2.24) is 9.55 Å². The number of hydrogen-bond donors (Lipinski definition) is 1.